The first kappa shape index (κ1) is 35.5. The first-order valence-electron chi connectivity index (χ1n) is 15.9. The van der Waals surface area contributed by atoms with E-state index in [1.165, 1.54) is 83.5 Å². The van der Waals surface area contributed by atoms with Gasteiger partial charge in [0.15, 0.2) is 5.41 Å². The Morgan fingerprint density at radius 3 is 1.27 bits per heavy atom. The second kappa shape index (κ2) is 26.1. The molecular formula is C33H60O4. The minimum absolute atomic E-state index is 0.384. The van der Waals surface area contributed by atoms with Crippen molar-refractivity contribution in [3.63, 3.8) is 0 Å². The molecule has 0 aromatic carbocycles. The Morgan fingerprint density at radius 2 is 0.892 bits per heavy atom. The molecule has 0 aliphatic heterocycles. The van der Waals surface area contributed by atoms with Gasteiger partial charge in [0.2, 0.25) is 0 Å². The van der Waals surface area contributed by atoms with Crippen molar-refractivity contribution in [2.24, 2.45) is 5.41 Å². The first-order valence-corrected chi connectivity index (χ1v) is 15.9. The van der Waals surface area contributed by atoms with Crippen LogP contribution < -0.4 is 0 Å². The van der Waals surface area contributed by atoms with Crippen molar-refractivity contribution in [3.8, 4) is 11.8 Å². The Labute approximate surface area is 230 Å². The fraction of sp³-hybridized carbons (Fsp3) is 0.879. The number of unbranched alkanes of at least 4 members (excludes halogenated alkanes) is 17. The van der Waals surface area contributed by atoms with E-state index in [0.29, 0.717) is 26.1 Å². The normalized spacial score (nSPS) is 11.1. The second-order valence-corrected chi connectivity index (χ2v) is 10.5. The van der Waals surface area contributed by atoms with Crippen LogP contribution in [0.15, 0.2) is 0 Å². The molecule has 0 heterocycles. The minimum atomic E-state index is -1.16. The van der Waals surface area contributed by atoms with Gasteiger partial charge in [0, 0.05) is 12.8 Å². The zero-order valence-corrected chi connectivity index (χ0v) is 25.1. The monoisotopic (exact) mass is 520 g/mol. The zero-order valence-electron chi connectivity index (χ0n) is 25.1. The van der Waals surface area contributed by atoms with Gasteiger partial charge in [0.1, 0.15) is 0 Å². The van der Waals surface area contributed by atoms with Crippen LogP contribution in [0, 0.1) is 17.3 Å². The van der Waals surface area contributed by atoms with Crippen LogP contribution in [0.5, 0.6) is 0 Å². The fourth-order valence-corrected chi connectivity index (χ4v) is 4.70. The first-order chi connectivity index (χ1) is 18.1. The van der Waals surface area contributed by atoms with E-state index in [9.17, 15) is 9.59 Å². The summed E-state index contributed by atoms with van der Waals surface area (Å²) in [6.07, 6.45) is 24.6. The van der Waals surface area contributed by atoms with Crippen molar-refractivity contribution in [3.05, 3.63) is 0 Å². The summed E-state index contributed by atoms with van der Waals surface area (Å²) in [5.74, 6) is 5.48. The van der Waals surface area contributed by atoms with Crippen LogP contribution in [0.3, 0.4) is 0 Å². The van der Waals surface area contributed by atoms with Crippen LogP contribution in [0.2, 0.25) is 0 Å². The van der Waals surface area contributed by atoms with Gasteiger partial charge in [-0.3, -0.25) is 9.59 Å². The molecule has 0 aromatic rings. The van der Waals surface area contributed by atoms with Crippen molar-refractivity contribution in [2.45, 2.75) is 169 Å². The zero-order chi connectivity index (χ0) is 27.5. The molecule has 37 heavy (non-hydrogen) atoms. The Balaban J connectivity index is 3.94. The van der Waals surface area contributed by atoms with E-state index in [1.807, 2.05) is 13.8 Å². The Bertz CT molecular complexity index is 597. The molecule has 0 atom stereocenters. The van der Waals surface area contributed by atoms with E-state index in [0.717, 1.165) is 44.9 Å². The molecule has 216 valence electrons. The number of carbonyl (C=O) groups is 2. The highest BCUT2D eigenvalue weighted by atomic mass is 16.6. The van der Waals surface area contributed by atoms with Gasteiger partial charge in [-0.1, -0.05) is 124 Å². The largest absolute Gasteiger partial charge is 0.465 e. The Morgan fingerprint density at radius 1 is 0.514 bits per heavy atom. The van der Waals surface area contributed by atoms with Gasteiger partial charge in [-0.25, -0.2) is 0 Å². The fourth-order valence-electron chi connectivity index (χ4n) is 4.70. The number of rotatable bonds is 25. The van der Waals surface area contributed by atoms with Crippen LogP contribution in [0.1, 0.15) is 169 Å². The maximum absolute atomic E-state index is 12.8. The van der Waals surface area contributed by atoms with Gasteiger partial charge in [-0.2, -0.15) is 0 Å². The average Bonchev–Trinajstić information content (AvgIpc) is 2.91. The molecule has 0 rings (SSSR count). The van der Waals surface area contributed by atoms with Crippen LogP contribution in [0.25, 0.3) is 0 Å². The summed E-state index contributed by atoms with van der Waals surface area (Å²) in [5.41, 5.74) is -1.16. The van der Waals surface area contributed by atoms with Gasteiger partial charge >= 0.3 is 11.9 Å². The molecule has 0 saturated heterocycles. The SMILES string of the molecule is CCC#CCCCCCCCCOC(=O)C(CC)(CC)C(=O)OCCCCCCCCCCCCCC. The lowest BCUT2D eigenvalue weighted by Gasteiger charge is -2.27. The maximum Gasteiger partial charge on any atom is 0.323 e. The van der Waals surface area contributed by atoms with Crippen molar-refractivity contribution in [1.82, 2.24) is 0 Å². The molecule has 0 fully saturated rings. The van der Waals surface area contributed by atoms with E-state index in [2.05, 4.69) is 25.7 Å². The standard InChI is InChI=1S/C33H60O4/c1-5-9-11-13-15-17-19-20-22-24-26-28-30-37-32(35)33(7-3,8-4)31(34)36-29-27-25-23-21-18-16-14-12-10-6-2/h5-9,11,13-30H2,1-4H3. The highest BCUT2D eigenvalue weighted by molar-refractivity contribution is 5.99. The lowest BCUT2D eigenvalue weighted by molar-refractivity contribution is -0.173. The topological polar surface area (TPSA) is 52.6 Å². The van der Waals surface area contributed by atoms with Crippen molar-refractivity contribution >= 4 is 11.9 Å². The number of esters is 2. The summed E-state index contributed by atoms with van der Waals surface area (Å²) in [6, 6.07) is 0. The predicted octanol–water partition coefficient (Wildman–Crippen LogP) is 9.72. The van der Waals surface area contributed by atoms with Gasteiger partial charge in [-0.05, 0) is 32.1 Å². The molecule has 0 amide bonds. The van der Waals surface area contributed by atoms with Crippen LogP contribution in [-0.4, -0.2) is 25.2 Å². The molecule has 0 aliphatic rings. The third-order valence-corrected chi connectivity index (χ3v) is 7.45. The summed E-state index contributed by atoms with van der Waals surface area (Å²) in [6.45, 7) is 8.87. The van der Waals surface area contributed by atoms with E-state index >= 15 is 0 Å². The third kappa shape index (κ3) is 18.4. The highest BCUT2D eigenvalue weighted by Gasteiger charge is 2.45. The molecule has 4 heteroatoms. The van der Waals surface area contributed by atoms with Gasteiger partial charge < -0.3 is 9.47 Å². The third-order valence-electron chi connectivity index (χ3n) is 7.45. The van der Waals surface area contributed by atoms with E-state index in [-0.39, 0.29) is 0 Å². The molecule has 0 aliphatic carbocycles. The highest BCUT2D eigenvalue weighted by Crippen LogP contribution is 2.30. The molecule has 0 unspecified atom stereocenters. The molecule has 0 bridgehead atoms. The van der Waals surface area contributed by atoms with Gasteiger partial charge in [0.05, 0.1) is 13.2 Å². The average molecular weight is 521 g/mol. The number of carbonyl (C=O) groups excluding carboxylic acids is 2. The molecule has 0 saturated carbocycles. The van der Waals surface area contributed by atoms with E-state index in [1.54, 1.807) is 0 Å². The van der Waals surface area contributed by atoms with Crippen LogP contribution in [-0.2, 0) is 19.1 Å². The summed E-state index contributed by atoms with van der Waals surface area (Å²) in [5, 5.41) is 0. The number of hydrogen-bond donors (Lipinski definition) is 0. The predicted molar refractivity (Wildman–Crippen MR) is 156 cm³/mol. The summed E-state index contributed by atoms with van der Waals surface area (Å²) < 4.78 is 11.1. The van der Waals surface area contributed by atoms with Crippen LogP contribution >= 0.6 is 0 Å². The minimum Gasteiger partial charge on any atom is -0.465 e. The second-order valence-electron chi connectivity index (χ2n) is 10.5. The maximum atomic E-state index is 12.8. The number of hydrogen-bond acceptors (Lipinski definition) is 4. The lowest BCUT2D eigenvalue weighted by Crippen LogP contribution is -2.41. The summed E-state index contributed by atoms with van der Waals surface area (Å²) in [4.78, 5) is 25.7. The van der Waals surface area contributed by atoms with Crippen LogP contribution in [0.4, 0.5) is 0 Å². The quantitative estimate of drug-likeness (QED) is 0.0520. The van der Waals surface area contributed by atoms with Gasteiger partial charge in [0.25, 0.3) is 0 Å². The lowest BCUT2D eigenvalue weighted by atomic mass is 9.82. The van der Waals surface area contributed by atoms with E-state index in [4.69, 9.17) is 9.47 Å². The van der Waals surface area contributed by atoms with Gasteiger partial charge in [-0.15, -0.1) is 11.8 Å². The molecule has 0 aromatic heterocycles. The Kier molecular flexibility index (Phi) is 25.1. The molecular weight excluding hydrogens is 460 g/mol. The van der Waals surface area contributed by atoms with Crippen molar-refractivity contribution in [1.29, 1.82) is 0 Å². The molecule has 0 spiro atoms. The van der Waals surface area contributed by atoms with Crippen molar-refractivity contribution < 1.29 is 19.1 Å². The summed E-state index contributed by atoms with van der Waals surface area (Å²) in [7, 11) is 0. The Hall–Kier alpha value is -1.50. The molecule has 4 nitrogen and oxygen atoms in total. The molecule has 0 radical (unpaired) electrons. The van der Waals surface area contributed by atoms with E-state index < -0.39 is 17.4 Å². The molecule has 0 N–H and O–H groups in total. The van der Waals surface area contributed by atoms with Crippen molar-refractivity contribution in [2.75, 3.05) is 13.2 Å². The smallest absolute Gasteiger partial charge is 0.323 e. The summed E-state index contributed by atoms with van der Waals surface area (Å²) >= 11 is 0. The number of ether oxygens (including phenoxy) is 2.